The molecule has 0 aliphatic carbocycles. The Labute approximate surface area is 102 Å². The topological polar surface area (TPSA) is 20.2 Å². The Hall–Kier alpha value is -1.08. The zero-order valence-corrected chi connectivity index (χ0v) is 10.6. The van der Waals surface area contributed by atoms with Crippen molar-refractivity contribution in [2.45, 2.75) is 11.4 Å². The van der Waals surface area contributed by atoms with E-state index in [2.05, 4.69) is 12.1 Å². The van der Waals surface area contributed by atoms with Crippen LogP contribution in [0.25, 0.3) is 0 Å². The van der Waals surface area contributed by atoms with Crippen LogP contribution in [-0.4, -0.2) is 20.1 Å². The Morgan fingerprint density at radius 1 is 0.875 bits per heavy atom. The summed E-state index contributed by atoms with van der Waals surface area (Å²) < 4.78 is 1.34. The van der Waals surface area contributed by atoms with Gasteiger partial charge in [0, 0.05) is 0 Å². The standard InChI is InChI=1S/C14H14OSe/c15-14(12-7-3-1-4-8-12)11-16-13-9-5-2-6-10-13/h1-10,14-15H,11H2/t14-/m0/s1. The van der Waals surface area contributed by atoms with E-state index in [1.807, 2.05) is 48.5 Å². The Bertz CT molecular complexity index is 413. The summed E-state index contributed by atoms with van der Waals surface area (Å²) in [7, 11) is 0. The molecule has 0 saturated carbocycles. The first-order valence-corrected chi connectivity index (χ1v) is 7.34. The average molecular weight is 277 g/mol. The molecule has 1 N–H and O–H groups in total. The van der Waals surface area contributed by atoms with Crippen molar-refractivity contribution in [2.75, 3.05) is 0 Å². The first-order valence-electron chi connectivity index (χ1n) is 5.27. The molecule has 0 heterocycles. The summed E-state index contributed by atoms with van der Waals surface area (Å²) in [5, 5.41) is 10.8. The van der Waals surface area contributed by atoms with Crippen molar-refractivity contribution < 1.29 is 5.11 Å². The van der Waals surface area contributed by atoms with E-state index in [1.165, 1.54) is 4.46 Å². The van der Waals surface area contributed by atoms with Crippen LogP contribution in [0.2, 0.25) is 5.32 Å². The third kappa shape index (κ3) is 3.21. The van der Waals surface area contributed by atoms with E-state index in [1.54, 1.807) is 0 Å². The van der Waals surface area contributed by atoms with Gasteiger partial charge >= 0.3 is 102 Å². The maximum absolute atomic E-state index is 10.00. The van der Waals surface area contributed by atoms with Gasteiger partial charge in [0.25, 0.3) is 0 Å². The average Bonchev–Trinajstić information content (AvgIpc) is 2.38. The van der Waals surface area contributed by atoms with E-state index in [4.69, 9.17) is 0 Å². The van der Waals surface area contributed by atoms with Crippen LogP contribution in [0, 0.1) is 0 Å². The van der Waals surface area contributed by atoms with Crippen LogP contribution in [0.3, 0.4) is 0 Å². The van der Waals surface area contributed by atoms with E-state index in [0.717, 1.165) is 10.9 Å². The number of hydrogen-bond donors (Lipinski definition) is 1. The molecule has 0 aromatic heterocycles. The molecule has 0 bridgehead atoms. The molecule has 1 nitrogen and oxygen atoms in total. The van der Waals surface area contributed by atoms with E-state index in [0.29, 0.717) is 15.0 Å². The Morgan fingerprint density at radius 2 is 1.44 bits per heavy atom. The van der Waals surface area contributed by atoms with E-state index in [9.17, 15) is 5.11 Å². The predicted octanol–water partition coefficient (Wildman–Crippen LogP) is 2.17. The summed E-state index contributed by atoms with van der Waals surface area (Å²) in [5.74, 6) is 0. The van der Waals surface area contributed by atoms with Crippen LogP contribution in [-0.2, 0) is 0 Å². The monoisotopic (exact) mass is 278 g/mol. The molecule has 0 aliphatic rings. The van der Waals surface area contributed by atoms with Crippen molar-refractivity contribution in [1.82, 2.24) is 0 Å². The summed E-state index contributed by atoms with van der Waals surface area (Å²) in [6, 6.07) is 20.2. The van der Waals surface area contributed by atoms with Gasteiger partial charge in [-0.1, -0.05) is 0 Å². The molecule has 2 aromatic rings. The summed E-state index contributed by atoms with van der Waals surface area (Å²) in [6.45, 7) is 0. The molecule has 0 amide bonds. The summed E-state index contributed by atoms with van der Waals surface area (Å²) in [4.78, 5) is 0. The van der Waals surface area contributed by atoms with Crippen molar-refractivity contribution in [3.8, 4) is 0 Å². The summed E-state index contributed by atoms with van der Waals surface area (Å²) in [6.07, 6.45) is -0.332. The zero-order chi connectivity index (χ0) is 11.2. The van der Waals surface area contributed by atoms with Crippen molar-refractivity contribution >= 4 is 19.4 Å². The first-order chi connectivity index (χ1) is 7.86. The molecule has 0 saturated heterocycles. The molecule has 1 atom stereocenters. The number of hydrogen-bond acceptors (Lipinski definition) is 1. The van der Waals surface area contributed by atoms with Gasteiger partial charge < -0.3 is 0 Å². The molecule has 0 unspecified atom stereocenters. The van der Waals surface area contributed by atoms with E-state index < -0.39 is 0 Å². The van der Waals surface area contributed by atoms with Crippen molar-refractivity contribution in [1.29, 1.82) is 0 Å². The van der Waals surface area contributed by atoms with Gasteiger partial charge in [0.1, 0.15) is 0 Å². The second kappa shape index (κ2) is 5.86. The molecule has 16 heavy (non-hydrogen) atoms. The van der Waals surface area contributed by atoms with Gasteiger partial charge in [-0.15, -0.1) is 0 Å². The van der Waals surface area contributed by atoms with Gasteiger partial charge in [0.15, 0.2) is 0 Å². The molecular formula is C14H14OSe. The van der Waals surface area contributed by atoms with Crippen LogP contribution in [0.4, 0.5) is 0 Å². The second-order valence-corrected chi connectivity index (χ2v) is 5.84. The number of aliphatic hydroxyl groups is 1. The van der Waals surface area contributed by atoms with Gasteiger partial charge in [-0.25, -0.2) is 0 Å². The fraction of sp³-hybridized carbons (Fsp3) is 0.143. The quantitative estimate of drug-likeness (QED) is 0.849. The molecule has 0 fully saturated rings. The normalized spacial score (nSPS) is 12.3. The van der Waals surface area contributed by atoms with Crippen LogP contribution in [0.1, 0.15) is 11.7 Å². The van der Waals surface area contributed by atoms with Crippen LogP contribution < -0.4 is 4.46 Å². The minimum absolute atomic E-state index is 0.332. The van der Waals surface area contributed by atoms with Crippen molar-refractivity contribution in [2.24, 2.45) is 0 Å². The van der Waals surface area contributed by atoms with Crippen molar-refractivity contribution in [3.63, 3.8) is 0 Å². The van der Waals surface area contributed by atoms with Crippen LogP contribution >= 0.6 is 0 Å². The first kappa shape index (κ1) is 11.4. The zero-order valence-electron chi connectivity index (χ0n) is 8.91. The van der Waals surface area contributed by atoms with Crippen LogP contribution in [0.15, 0.2) is 60.7 Å². The molecule has 2 aromatic carbocycles. The number of rotatable bonds is 4. The second-order valence-electron chi connectivity index (χ2n) is 3.55. The van der Waals surface area contributed by atoms with Gasteiger partial charge in [0.2, 0.25) is 0 Å². The third-order valence-electron chi connectivity index (χ3n) is 2.34. The molecular weight excluding hydrogens is 263 g/mol. The Morgan fingerprint density at radius 3 is 2.06 bits per heavy atom. The fourth-order valence-electron chi connectivity index (χ4n) is 1.46. The third-order valence-corrected chi connectivity index (χ3v) is 4.62. The van der Waals surface area contributed by atoms with E-state index in [-0.39, 0.29) is 6.10 Å². The number of aliphatic hydroxyl groups excluding tert-OH is 1. The predicted molar refractivity (Wildman–Crippen MR) is 68.0 cm³/mol. The van der Waals surface area contributed by atoms with E-state index >= 15 is 0 Å². The fourth-order valence-corrected chi connectivity index (χ4v) is 3.34. The Kier molecular flexibility index (Phi) is 4.17. The summed E-state index contributed by atoms with van der Waals surface area (Å²) >= 11 is 0.344. The molecule has 82 valence electrons. The summed E-state index contributed by atoms with van der Waals surface area (Å²) in [5.41, 5.74) is 1.01. The molecule has 0 radical (unpaired) electrons. The molecule has 0 spiro atoms. The molecule has 2 heteroatoms. The van der Waals surface area contributed by atoms with Crippen LogP contribution in [0.5, 0.6) is 0 Å². The van der Waals surface area contributed by atoms with Gasteiger partial charge in [-0.3, -0.25) is 0 Å². The SMILES string of the molecule is O[C@@H](C[Se]c1ccccc1)c1ccccc1. The maximum atomic E-state index is 10.00. The van der Waals surface area contributed by atoms with Gasteiger partial charge in [0.05, 0.1) is 0 Å². The van der Waals surface area contributed by atoms with Gasteiger partial charge in [-0.2, -0.15) is 0 Å². The van der Waals surface area contributed by atoms with Crippen molar-refractivity contribution in [3.05, 3.63) is 66.2 Å². The molecule has 0 aliphatic heterocycles. The Balaban J connectivity index is 1.92. The molecule has 2 rings (SSSR count). The number of benzene rings is 2. The van der Waals surface area contributed by atoms with Gasteiger partial charge in [-0.05, 0) is 0 Å². The minimum atomic E-state index is -0.332.